The zero-order chi connectivity index (χ0) is 16.1. The van der Waals surface area contributed by atoms with E-state index < -0.39 is 11.4 Å². The first-order chi connectivity index (χ1) is 10.6. The maximum absolute atomic E-state index is 12.4. The van der Waals surface area contributed by atoms with Crippen LogP contribution in [0.3, 0.4) is 0 Å². The summed E-state index contributed by atoms with van der Waals surface area (Å²) in [7, 11) is 0. The first kappa shape index (κ1) is 17.8. The minimum atomic E-state index is -0.492. The monoisotopic (exact) mass is 309 g/mol. The van der Waals surface area contributed by atoms with Crippen LogP contribution in [0.2, 0.25) is 0 Å². The molecule has 128 valence electrons. The molecule has 2 saturated carbocycles. The van der Waals surface area contributed by atoms with Crippen LogP contribution in [0.15, 0.2) is 0 Å². The summed E-state index contributed by atoms with van der Waals surface area (Å²) in [5, 5.41) is 10.2. The number of carbonyl (C=O) groups is 1. The number of nitrogens with zero attached hydrogens (tertiary/aromatic N) is 1. The Morgan fingerprint density at radius 1 is 0.909 bits per heavy atom. The average Bonchev–Trinajstić information content (AvgIpc) is 2.57. The van der Waals surface area contributed by atoms with Gasteiger partial charge in [-0.25, -0.2) is 0 Å². The van der Waals surface area contributed by atoms with E-state index in [1.807, 2.05) is 0 Å². The van der Waals surface area contributed by atoms with E-state index in [1.165, 1.54) is 25.7 Å². The Morgan fingerprint density at radius 3 is 1.86 bits per heavy atom. The van der Waals surface area contributed by atoms with Crippen molar-refractivity contribution < 1.29 is 9.90 Å². The van der Waals surface area contributed by atoms with E-state index in [1.54, 1.807) is 0 Å². The molecule has 0 spiro atoms. The number of rotatable bonds is 7. The van der Waals surface area contributed by atoms with Crippen molar-refractivity contribution in [2.45, 2.75) is 84.5 Å². The normalized spacial score (nSPS) is 24.3. The Morgan fingerprint density at radius 2 is 1.41 bits per heavy atom. The number of hydrogen-bond donors (Lipinski definition) is 1. The van der Waals surface area contributed by atoms with Crippen molar-refractivity contribution in [3.8, 4) is 0 Å². The minimum Gasteiger partial charge on any atom is -0.481 e. The molecule has 1 N–H and O–H groups in total. The molecular formula is C19H35NO2. The Balaban J connectivity index is 2.24. The highest BCUT2D eigenvalue weighted by Gasteiger charge is 2.56. The smallest absolute Gasteiger partial charge is 0.310 e. The Hall–Kier alpha value is -0.570. The van der Waals surface area contributed by atoms with Gasteiger partial charge in [-0.15, -0.1) is 0 Å². The standard InChI is InChI=1S/C19H35NO2/c1-3-20(4-2)16-15-18(11-7-5-8-12-18)19(17(21)22)13-9-6-10-14-19/h3-16H2,1-2H3,(H,21,22). The van der Waals surface area contributed by atoms with E-state index in [4.69, 9.17) is 0 Å². The molecule has 0 atom stereocenters. The third kappa shape index (κ3) is 3.34. The molecule has 0 unspecified atom stereocenters. The second-order valence-electron chi connectivity index (χ2n) is 7.57. The molecular weight excluding hydrogens is 274 g/mol. The fourth-order valence-corrected chi connectivity index (χ4v) is 5.23. The van der Waals surface area contributed by atoms with Gasteiger partial charge in [-0.05, 0) is 57.2 Å². The lowest BCUT2D eigenvalue weighted by Gasteiger charge is -2.53. The zero-order valence-corrected chi connectivity index (χ0v) is 14.7. The number of aliphatic carboxylic acids is 1. The molecule has 0 amide bonds. The van der Waals surface area contributed by atoms with Gasteiger partial charge < -0.3 is 10.0 Å². The van der Waals surface area contributed by atoms with Crippen LogP contribution in [-0.2, 0) is 4.79 Å². The van der Waals surface area contributed by atoms with Crippen LogP contribution in [0.4, 0.5) is 0 Å². The number of carboxylic acids is 1. The summed E-state index contributed by atoms with van der Waals surface area (Å²) in [6.07, 6.45) is 12.4. The molecule has 22 heavy (non-hydrogen) atoms. The van der Waals surface area contributed by atoms with Gasteiger partial charge >= 0.3 is 5.97 Å². The van der Waals surface area contributed by atoms with Crippen molar-refractivity contribution in [3.63, 3.8) is 0 Å². The summed E-state index contributed by atoms with van der Waals surface area (Å²) >= 11 is 0. The second-order valence-corrected chi connectivity index (χ2v) is 7.57. The third-order valence-corrected chi connectivity index (χ3v) is 6.74. The molecule has 0 aromatic carbocycles. The Bertz CT molecular complexity index is 350. The molecule has 0 aromatic heterocycles. The number of carboxylic acid groups (broad SMARTS) is 1. The van der Waals surface area contributed by atoms with Gasteiger partial charge in [0, 0.05) is 0 Å². The van der Waals surface area contributed by atoms with Crippen LogP contribution in [0, 0.1) is 10.8 Å². The first-order valence-electron chi connectivity index (χ1n) is 9.56. The molecule has 0 heterocycles. The Kier molecular flexibility index (Phi) is 6.31. The van der Waals surface area contributed by atoms with Gasteiger partial charge in [0.2, 0.25) is 0 Å². The summed E-state index contributed by atoms with van der Waals surface area (Å²) < 4.78 is 0. The van der Waals surface area contributed by atoms with Crippen LogP contribution < -0.4 is 0 Å². The van der Waals surface area contributed by atoms with Crippen LogP contribution in [0.5, 0.6) is 0 Å². The van der Waals surface area contributed by atoms with Crippen molar-refractivity contribution in [1.29, 1.82) is 0 Å². The van der Waals surface area contributed by atoms with Crippen molar-refractivity contribution in [3.05, 3.63) is 0 Å². The van der Waals surface area contributed by atoms with E-state index in [0.29, 0.717) is 0 Å². The lowest BCUT2D eigenvalue weighted by Crippen LogP contribution is -2.51. The molecule has 3 heteroatoms. The zero-order valence-electron chi connectivity index (χ0n) is 14.7. The molecule has 2 aliphatic rings. The summed E-state index contributed by atoms with van der Waals surface area (Å²) in [6.45, 7) is 7.65. The van der Waals surface area contributed by atoms with E-state index in [0.717, 1.165) is 64.6 Å². The highest BCUT2D eigenvalue weighted by atomic mass is 16.4. The maximum atomic E-state index is 12.4. The van der Waals surface area contributed by atoms with E-state index in [-0.39, 0.29) is 5.41 Å². The molecule has 3 nitrogen and oxygen atoms in total. The van der Waals surface area contributed by atoms with Crippen LogP contribution >= 0.6 is 0 Å². The fourth-order valence-electron chi connectivity index (χ4n) is 5.23. The molecule has 2 fully saturated rings. The molecule has 0 saturated heterocycles. The third-order valence-electron chi connectivity index (χ3n) is 6.74. The highest BCUT2D eigenvalue weighted by Crippen LogP contribution is 2.58. The lowest BCUT2D eigenvalue weighted by molar-refractivity contribution is -0.167. The Labute approximate surface area is 136 Å². The SMILES string of the molecule is CCN(CC)CCC1(C2(C(=O)O)CCCCC2)CCCCC1. The molecule has 2 aliphatic carbocycles. The van der Waals surface area contributed by atoms with Crippen molar-refractivity contribution in [1.82, 2.24) is 4.90 Å². The van der Waals surface area contributed by atoms with Crippen LogP contribution in [-0.4, -0.2) is 35.6 Å². The molecule has 0 bridgehead atoms. The summed E-state index contributed by atoms with van der Waals surface area (Å²) in [5.74, 6) is -0.492. The van der Waals surface area contributed by atoms with Gasteiger partial charge in [0.25, 0.3) is 0 Å². The van der Waals surface area contributed by atoms with Crippen molar-refractivity contribution in [2.24, 2.45) is 10.8 Å². The van der Waals surface area contributed by atoms with E-state index in [2.05, 4.69) is 18.7 Å². The summed E-state index contributed by atoms with van der Waals surface area (Å²) in [5.41, 5.74) is -0.376. The van der Waals surface area contributed by atoms with Gasteiger partial charge in [-0.2, -0.15) is 0 Å². The largest absolute Gasteiger partial charge is 0.481 e. The predicted molar refractivity (Wildman–Crippen MR) is 91.1 cm³/mol. The first-order valence-corrected chi connectivity index (χ1v) is 9.56. The topological polar surface area (TPSA) is 40.5 Å². The number of hydrogen-bond acceptors (Lipinski definition) is 2. The minimum absolute atomic E-state index is 0.0556. The predicted octanol–water partition coefficient (Wildman–Crippen LogP) is 4.70. The quantitative estimate of drug-likeness (QED) is 0.741. The summed E-state index contributed by atoms with van der Waals surface area (Å²) in [6, 6.07) is 0. The van der Waals surface area contributed by atoms with E-state index >= 15 is 0 Å². The van der Waals surface area contributed by atoms with Gasteiger partial charge in [-0.3, -0.25) is 4.79 Å². The second kappa shape index (κ2) is 7.81. The van der Waals surface area contributed by atoms with Gasteiger partial charge in [-0.1, -0.05) is 52.4 Å². The molecule has 0 aromatic rings. The van der Waals surface area contributed by atoms with Crippen molar-refractivity contribution in [2.75, 3.05) is 19.6 Å². The van der Waals surface area contributed by atoms with Gasteiger partial charge in [0.05, 0.1) is 5.41 Å². The van der Waals surface area contributed by atoms with E-state index in [9.17, 15) is 9.90 Å². The summed E-state index contributed by atoms with van der Waals surface area (Å²) in [4.78, 5) is 14.8. The van der Waals surface area contributed by atoms with Crippen molar-refractivity contribution >= 4 is 5.97 Å². The average molecular weight is 309 g/mol. The molecule has 0 aliphatic heterocycles. The molecule has 0 radical (unpaired) electrons. The van der Waals surface area contributed by atoms with Gasteiger partial charge in [0.15, 0.2) is 0 Å². The highest BCUT2D eigenvalue weighted by molar-refractivity contribution is 5.76. The molecule has 2 rings (SSSR count). The maximum Gasteiger partial charge on any atom is 0.310 e. The van der Waals surface area contributed by atoms with Crippen LogP contribution in [0.25, 0.3) is 0 Å². The van der Waals surface area contributed by atoms with Crippen LogP contribution in [0.1, 0.15) is 84.5 Å². The fraction of sp³-hybridized carbons (Fsp3) is 0.947. The van der Waals surface area contributed by atoms with Gasteiger partial charge in [0.1, 0.15) is 0 Å². The lowest BCUT2D eigenvalue weighted by atomic mass is 9.51.